The van der Waals surface area contributed by atoms with Gasteiger partial charge in [-0.05, 0) is 61.8 Å². The van der Waals surface area contributed by atoms with Gasteiger partial charge in [-0.15, -0.1) is 0 Å². The van der Waals surface area contributed by atoms with Crippen molar-refractivity contribution in [1.82, 2.24) is 19.5 Å². The summed E-state index contributed by atoms with van der Waals surface area (Å²) in [4.78, 5) is 24.8. The van der Waals surface area contributed by atoms with Crippen LogP contribution in [0.25, 0.3) is 16.6 Å². The lowest BCUT2D eigenvalue weighted by Gasteiger charge is -2.30. The summed E-state index contributed by atoms with van der Waals surface area (Å²) in [6.07, 6.45) is 9.45. The van der Waals surface area contributed by atoms with E-state index in [2.05, 4.69) is 26.3 Å². The second-order valence-corrected chi connectivity index (χ2v) is 9.12. The molecule has 0 bridgehead atoms. The molecule has 0 amide bonds. The molecule has 0 atom stereocenters. The smallest absolute Gasteiger partial charge is 0.269 e. The lowest BCUT2D eigenvalue weighted by atomic mass is 9.92. The van der Waals surface area contributed by atoms with Gasteiger partial charge in [0.15, 0.2) is 11.6 Å². The van der Waals surface area contributed by atoms with Crippen LogP contribution in [0.2, 0.25) is 0 Å². The number of aromatic nitrogens is 4. The lowest BCUT2D eigenvalue weighted by molar-refractivity contribution is 0.151. The summed E-state index contributed by atoms with van der Waals surface area (Å²) in [6.45, 7) is 3.15. The molecule has 8 nitrogen and oxygen atoms in total. The lowest BCUT2D eigenvalue weighted by Crippen LogP contribution is -2.32. The van der Waals surface area contributed by atoms with Gasteiger partial charge >= 0.3 is 0 Å². The molecule has 5 rings (SSSR count). The summed E-state index contributed by atoms with van der Waals surface area (Å²) in [5.74, 6) is 0.571. The maximum atomic E-state index is 14.5. The predicted octanol–water partition coefficient (Wildman–Crippen LogP) is 4.03. The van der Waals surface area contributed by atoms with E-state index < -0.39 is 0 Å². The first-order valence-corrected chi connectivity index (χ1v) is 12.2. The molecule has 3 heterocycles. The van der Waals surface area contributed by atoms with Crippen LogP contribution in [-0.4, -0.2) is 44.9 Å². The Bertz CT molecular complexity index is 1310. The molecule has 1 aromatic carbocycles. The minimum absolute atomic E-state index is 0.00748. The molecular weight excluding hydrogens is 449 g/mol. The molecule has 1 aliphatic heterocycles. The predicted molar refractivity (Wildman–Crippen MR) is 132 cm³/mol. The molecular formula is C26H30FN5O3. The highest BCUT2D eigenvalue weighted by Crippen LogP contribution is 2.34. The monoisotopic (exact) mass is 479 g/mol. The molecule has 35 heavy (non-hydrogen) atoms. The van der Waals surface area contributed by atoms with E-state index in [1.807, 2.05) is 19.1 Å². The molecule has 1 saturated carbocycles. The quantitative estimate of drug-likeness (QED) is 0.571. The Kier molecular flexibility index (Phi) is 6.77. The number of hydrogen-bond acceptors (Lipinski definition) is 7. The van der Waals surface area contributed by atoms with Gasteiger partial charge in [-0.2, -0.15) is 0 Å². The number of aryl methyl sites for hydroxylation is 2. The van der Waals surface area contributed by atoms with Crippen LogP contribution in [0, 0.1) is 5.82 Å². The van der Waals surface area contributed by atoms with Gasteiger partial charge in [0.1, 0.15) is 17.6 Å². The fraction of sp³-hybridized carbons (Fsp3) is 0.462. The number of hydrogen-bond donors (Lipinski definition) is 1. The van der Waals surface area contributed by atoms with E-state index in [0.717, 1.165) is 43.2 Å². The zero-order valence-electron chi connectivity index (χ0n) is 20.1. The second kappa shape index (κ2) is 10.1. The third-order valence-corrected chi connectivity index (χ3v) is 6.87. The molecule has 0 spiro atoms. The zero-order valence-corrected chi connectivity index (χ0v) is 20.1. The minimum atomic E-state index is -0.368. The zero-order chi connectivity index (χ0) is 24.4. The number of rotatable bonds is 6. The van der Waals surface area contributed by atoms with Gasteiger partial charge < -0.3 is 19.4 Å². The van der Waals surface area contributed by atoms with E-state index in [1.54, 1.807) is 11.6 Å². The van der Waals surface area contributed by atoms with Gasteiger partial charge in [-0.1, -0.05) is 13.0 Å². The molecule has 1 N–H and O–H groups in total. The van der Waals surface area contributed by atoms with Crippen molar-refractivity contribution >= 4 is 22.4 Å². The SMILES string of the molecule is CCc1ncnc(NC2CCC(Oc3cc(C4=CCOCC4)cc4ncc(=O)n(C)c34)CC2)c1F. The largest absolute Gasteiger partial charge is 0.488 e. The maximum Gasteiger partial charge on any atom is 0.269 e. The minimum Gasteiger partial charge on any atom is -0.488 e. The first-order valence-electron chi connectivity index (χ1n) is 12.2. The summed E-state index contributed by atoms with van der Waals surface area (Å²) in [5.41, 5.74) is 3.92. The van der Waals surface area contributed by atoms with Crippen molar-refractivity contribution < 1.29 is 13.9 Å². The molecule has 184 valence electrons. The van der Waals surface area contributed by atoms with Crippen LogP contribution in [0.1, 0.15) is 50.3 Å². The van der Waals surface area contributed by atoms with Crippen LogP contribution in [-0.2, 0) is 18.2 Å². The van der Waals surface area contributed by atoms with E-state index >= 15 is 0 Å². The Morgan fingerprint density at radius 3 is 2.77 bits per heavy atom. The van der Waals surface area contributed by atoms with Crippen molar-refractivity contribution in [3.63, 3.8) is 0 Å². The van der Waals surface area contributed by atoms with Crippen LogP contribution in [0.3, 0.4) is 0 Å². The second-order valence-electron chi connectivity index (χ2n) is 9.12. The van der Waals surface area contributed by atoms with Crippen molar-refractivity contribution in [1.29, 1.82) is 0 Å². The number of ether oxygens (including phenoxy) is 2. The van der Waals surface area contributed by atoms with Crippen molar-refractivity contribution in [2.45, 2.75) is 57.6 Å². The molecule has 0 saturated heterocycles. The number of nitrogens with one attached hydrogen (secondary N) is 1. The highest BCUT2D eigenvalue weighted by atomic mass is 19.1. The van der Waals surface area contributed by atoms with E-state index in [-0.39, 0.29) is 29.3 Å². The van der Waals surface area contributed by atoms with Crippen molar-refractivity contribution in [2.75, 3.05) is 18.5 Å². The molecule has 3 aromatic rings. The van der Waals surface area contributed by atoms with Crippen LogP contribution in [0.4, 0.5) is 10.2 Å². The normalized spacial score (nSPS) is 20.5. The van der Waals surface area contributed by atoms with Crippen LogP contribution >= 0.6 is 0 Å². The number of nitrogens with zero attached hydrogens (tertiary/aromatic N) is 4. The van der Waals surface area contributed by atoms with E-state index in [4.69, 9.17) is 9.47 Å². The van der Waals surface area contributed by atoms with Crippen molar-refractivity contribution in [3.8, 4) is 5.75 Å². The number of benzene rings is 1. The molecule has 0 radical (unpaired) electrons. The van der Waals surface area contributed by atoms with Crippen LogP contribution in [0.15, 0.2) is 35.5 Å². The standard InChI is InChI=1S/C26H30FN5O3/c1-3-20-24(27)26(30-15-29-20)31-18-4-6-19(7-5-18)35-22-13-17(16-8-10-34-11-9-16)12-21-25(22)32(2)23(33)14-28-21/h8,12-15,18-19H,3-7,9-11H2,1-2H3,(H,29,30,31). The van der Waals surface area contributed by atoms with Gasteiger partial charge in [0.2, 0.25) is 0 Å². The molecule has 2 aromatic heterocycles. The van der Waals surface area contributed by atoms with Gasteiger partial charge in [-0.25, -0.2) is 19.3 Å². The average molecular weight is 480 g/mol. The Morgan fingerprint density at radius 2 is 2.03 bits per heavy atom. The van der Waals surface area contributed by atoms with Crippen molar-refractivity contribution in [3.05, 3.63) is 58.2 Å². The van der Waals surface area contributed by atoms with Gasteiger partial charge in [-0.3, -0.25) is 4.79 Å². The molecule has 1 aliphatic carbocycles. The average Bonchev–Trinajstić information content (AvgIpc) is 2.89. The van der Waals surface area contributed by atoms with Crippen LogP contribution in [0.5, 0.6) is 5.75 Å². The fourth-order valence-corrected chi connectivity index (χ4v) is 4.87. The highest BCUT2D eigenvalue weighted by Gasteiger charge is 2.25. The van der Waals surface area contributed by atoms with E-state index in [9.17, 15) is 9.18 Å². The summed E-state index contributed by atoms with van der Waals surface area (Å²) >= 11 is 0. The van der Waals surface area contributed by atoms with E-state index in [1.165, 1.54) is 18.1 Å². The Hall–Kier alpha value is -3.33. The molecule has 1 fully saturated rings. The summed E-state index contributed by atoms with van der Waals surface area (Å²) in [6, 6.07) is 4.15. The first kappa shape index (κ1) is 23.4. The molecule has 0 unspecified atom stereocenters. The number of halogens is 1. The summed E-state index contributed by atoms with van der Waals surface area (Å²) in [5, 5.41) is 3.25. The number of anilines is 1. The molecule has 9 heteroatoms. The van der Waals surface area contributed by atoms with Gasteiger partial charge in [0.05, 0.1) is 36.7 Å². The van der Waals surface area contributed by atoms with Crippen LogP contribution < -0.4 is 15.6 Å². The molecule has 2 aliphatic rings. The third-order valence-electron chi connectivity index (χ3n) is 6.87. The van der Waals surface area contributed by atoms with Crippen molar-refractivity contribution in [2.24, 2.45) is 7.05 Å². The number of fused-ring (bicyclic) bond motifs is 1. The Morgan fingerprint density at radius 1 is 1.20 bits per heavy atom. The Labute approximate surface area is 203 Å². The summed E-state index contributed by atoms with van der Waals surface area (Å²) in [7, 11) is 1.74. The maximum absolute atomic E-state index is 14.5. The van der Waals surface area contributed by atoms with Gasteiger partial charge in [0, 0.05) is 13.1 Å². The highest BCUT2D eigenvalue weighted by molar-refractivity contribution is 5.86. The fourth-order valence-electron chi connectivity index (χ4n) is 4.87. The van der Waals surface area contributed by atoms with E-state index in [0.29, 0.717) is 36.6 Å². The third kappa shape index (κ3) is 4.91. The summed E-state index contributed by atoms with van der Waals surface area (Å²) < 4.78 is 28.1. The first-order chi connectivity index (χ1) is 17.0. The Balaban J connectivity index is 1.35. The topological polar surface area (TPSA) is 91.2 Å². The van der Waals surface area contributed by atoms with Gasteiger partial charge in [0.25, 0.3) is 5.56 Å².